The van der Waals surface area contributed by atoms with Crippen molar-refractivity contribution in [2.45, 2.75) is 17.6 Å². The number of aromatic nitrogens is 1. The predicted molar refractivity (Wildman–Crippen MR) is 87.4 cm³/mol. The van der Waals surface area contributed by atoms with E-state index in [0.717, 1.165) is 12.3 Å². The Labute approximate surface area is 142 Å². The van der Waals surface area contributed by atoms with Gasteiger partial charge in [-0.2, -0.15) is 13.2 Å². The highest BCUT2D eigenvalue weighted by molar-refractivity contribution is 7.90. The number of fused-ring (bicyclic) bond motifs is 1. The topological polar surface area (TPSA) is 62.6 Å². The van der Waals surface area contributed by atoms with Gasteiger partial charge in [-0.1, -0.05) is 18.2 Å². The summed E-state index contributed by atoms with van der Waals surface area (Å²) in [5.74, 6) is 0.220. The molecule has 0 saturated heterocycles. The summed E-state index contributed by atoms with van der Waals surface area (Å²) in [6.07, 6.45) is -2.19. The molecule has 25 heavy (non-hydrogen) atoms. The Morgan fingerprint density at radius 2 is 1.88 bits per heavy atom. The fourth-order valence-electron chi connectivity index (χ4n) is 2.63. The molecule has 1 aliphatic heterocycles. The van der Waals surface area contributed by atoms with Gasteiger partial charge in [0.05, 0.1) is 22.5 Å². The first kappa shape index (κ1) is 17.4. The number of aliphatic imine (C=N–C) groups is 1. The summed E-state index contributed by atoms with van der Waals surface area (Å²) in [5, 5.41) is 0. The molecule has 0 spiro atoms. The first-order valence-corrected chi connectivity index (χ1v) is 9.11. The van der Waals surface area contributed by atoms with Crippen molar-refractivity contribution >= 4 is 22.0 Å². The van der Waals surface area contributed by atoms with Crippen LogP contribution in [0.25, 0.3) is 11.3 Å². The van der Waals surface area contributed by atoms with Crippen LogP contribution in [0.15, 0.2) is 40.2 Å². The Bertz CT molecular complexity index is 969. The van der Waals surface area contributed by atoms with Crippen molar-refractivity contribution in [1.82, 2.24) is 9.88 Å². The zero-order valence-electron chi connectivity index (χ0n) is 13.4. The van der Waals surface area contributed by atoms with E-state index < -0.39 is 21.6 Å². The number of halogens is 3. The molecule has 1 aromatic heterocycles. The van der Waals surface area contributed by atoms with Crippen LogP contribution in [0, 0.1) is 0 Å². The van der Waals surface area contributed by atoms with Crippen molar-refractivity contribution in [1.29, 1.82) is 0 Å². The molecule has 1 aliphatic rings. The molecule has 1 aromatic carbocycles. The van der Waals surface area contributed by atoms with Gasteiger partial charge in [0.15, 0.2) is 15.7 Å². The average molecular weight is 369 g/mol. The van der Waals surface area contributed by atoms with Gasteiger partial charge >= 0.3 is 6.18 Å². The summed E-state index contributed by atoms with van der Waals surface area (Å²) in [7, 11) is -2.05. The van der Waals surface area contributed by atoms with Crippen LogP contribution in [0.1, 0.15) is 11.1 Å². The van der Waals surface area contributed by atoms with Crippen LogP contribution < -0.4 is 0 Å². The molecule has 0 fully saturated rings. The minimum absolute atomic E-state index is 0.220. The van der Waals surface area contributed by atoms with Crippen molar-refractivity contribution in [2.24, 2.45) is 4.99 Å². The van der Waals surface area contributed by atoms with Crippen LogP contribution in [0.2, 0.25) is 0 Å². The van der Waals surface area contributed by atoms with E-state index >= 15 is 0 Å². The van der Waals surface area contributed by atoms with Crippen LogP contribution in [0.5, 0.6) is 0 Å². The maximum Gasteiger partial charge on any atom is 0.417 e. The number of pyridine rings is 1. The third-order valence-electron chi connectivity index (χ3n) is 3.73. The Morgan fingerprint density at radius 3 is 2.52 bits per heavy atom. The minimum atomic E-state index is -4.63. The maximum atomic E-state index is 13.3. The molecule has 2 heterocycles. The van der Waals surface area contributed by atoms with Gasteiger partial charge in [-0.3, -0.25) is 0 Å². The van der Waals surface area contributed by atoms with Crippen molar-refractivity contribution < 1.29 is 21.6 Å². The van der Waals surface area contributed by atoms with Crippen LogP contribution in [-0.2, 0) is 22.6 Å². The molecule has 0 radical (unpaired) electrons. The number of hydrogen-bond acceptors (Lipinski definition) is 5. The molecular weight excluding hydrogens is 355 g/mol. The molecule has 0 amide bonds. The smallest absolute Gasteiger partial charge is 0.361 e. The second-order valence-corrected chi connectivity index (χ2v) is 7.78. The molecule has 0 atom stereocenters. The first-order valence-electron chi connectivity index (χ1n) is 7.22. The van der Waals surface area contributed by atoms with E-state index in [-0.39, 0.29) is 22.0 Å². The quantitative estimate of drug-likeness (QED) is 0.815. The SMILES string of the molecule is CN1C=Nc2nc(-c3ccccc3C(F)(F)F)c(S(C)(=O)=O)cc2C1. The Balaban J connectivity index is 2.34. The molecule has 0 unspecified atom stereocenters. The zero-order chi connectivity index (χ0) is 18.4. The Morgan fingerprint density at radius 1 is 1.20 bits per heavy atom. The van der Waals surface area contributed by atoms with Crippen molar-refractivity contribution in [2.75, 3.05) is 13.3 Å². The van der Waals surface area contributed by atoms with Crippen LogP contribution in [-0.4, -0.2) is 37.9 Å². The number of alkyl halides is 3. The van der Waals surface area contributed by atoms with Gasteiger partial charge in [0, 0.05) is 31.0 Å². The lowest BCUT2D eigenvalue weighted by atomic mass is 10.0. The highest BCUT2D eigenvalue weighted by Gasteiger charge is 2.35. The molecule has 132 valence electrons. The third-order valence-corrected chi connectivity index (χ3v) is 4.84. The minimum Gasteiger partial charge on any atom is -0.361 e. The van der Waals surface area contributed by atoms with Gasteiger partial charge in [-0.25, -0.2) is 18.4 Å². The zero-order valence-corrected chi connectivity index (χ0v) is 14.2. The van der Waals surface area contributed by atoms with Gasteiger partial charge in [-0.15, -0.1) is 0 Å². The van der Waals surface area contributed by atoms with E-state index in [1.807, 2.05) is 0 Å². The molecule has 2 aromatic rings. The van der Waals surface area contributed by atoms with Crippen LogP contribution in [0.3, 0.4) is 0 Å². The highest BCUT2D eigenvalue weighted by atomic mass is 32.2. The first-order chi connectivity index (χ1) is 11.6. The second kappa shape index (κ2) is 5.83. The van der Waals surface area contributed by atoms with E-state index in [1.54, 1.807) is 11.9 Å². The van der Waals surface area contributed by atoms with Crippen molar-refractivity contribution in [3.8, 4) is 11.3 Å². The monoisotopic (exact) mass is 369 g/mol. The number of benzene rings is 1. The van der Waals surface area contributed by atoms with E-state index in [9.17, 15) is 21.6 Å². The summed E-state index contributed by atoms with van der Waals surface area (Å²) in [4.78, 5) is 9.72. The van der Waals surface area contributed by atoms with Crippen LogP contribution in [0.4, 0.5) is 19.0 Å². The fourth-order valence-corrected chi connectivity index (χ4v) is 3.49. The van der Waals surface area contributed by atoms with Gasteiger partial charge in [0.1, 0.15) is 0 Å². The summed E-state index contributed by atoms with van der Waals surface area (Å²) >= 11 is 0. The van der Waals surface area contributed by atoms with Crippen molar-refractivity contribution in [3.05, 3.63) is 41.5 Å². The fraction of sp³-hybridized carbons (Fsp3) is 0.250. The van der Waals surface area contributed by atoms with E-state index in [4.69, 9.17) is 0 Å². The lowest BCUT2D eigenvalue weighted by Gasteiger charge is -2.21. The summed E-state index contributed by atoms with van der Waals surface area (Å²) in [5.41, 5.74) is -0.925. The number of rotatable bonds is 2. The molecule has 0 aliphatic carbocycles. The molecule has 5 nitrogen and oxygen atoms in total. The standard InChI is InChI=1S/C16H14F3N3O2S/c1-22-8-10-7-13(25(2,23)24)14(21-15(10)20-9-22)11-5-3-4-6-12(11)16(17,18)19/h3-7,9H,8H2,1-2H3. The van der Waals surface area contributed by atoms with Gasteiger partial charge < -0.3 is 4.90 Å². The maximum absolute atomic E-state index is 13.3. The van der Waals surface area contributed by atoms with Crippen molar-refractivity contribution in [3.63, 3.8) is 0 Å². The van der Waals surface area contributed by atoms with Gasteiger partial charge in [-0.05, 0) is 12.1 Å². The molecular formula is C16H14F3N3O2S. The van der Waals surface area contributed by atoms with E-state index in [0.29, 0.717) is 12.1 Å². The van der Waals surface area contributed by atoms with Gasteiger partial charge in [0.2, 0.25) is 0 Å². The summed E-state index contributed by atoms with van der Waals surface area (Å²) in [6.45, 7) is 0.371. The summed E-state index contributed by atoms with van der Waals surface area (Å²) in [6, 6.07) is 6.13. The molecule has 0 N–H and O–H groups in total. The Kier molecular flexibility index (Phi) is 4.06. The number of sulfone groups is 1. The van der Waals surface area contributed by atoms with Gasteiger partial charge in [0.25, 0.3) is 0 Å². The predicted octanol–water partition coefficient (Wildman–Crippen LogP) is 3.28. The largest absolute Gasteiger partial charge is 0.417 e. The lowest BCUT2D eigenvalue weighted by molar-refractivity contribution is -0.137. The number of nitrogens with zero attached hydrogens (tertiary/aromatic N) is 3. The molecule has 3 rings (SSSR count). The highest BCUT2D eigenvalue weighted by Crippen LogP contribution is 2.40. The number of hydrogen-bond donors (Lipinski definition) is 0. The van der Waals surface area contributed by atoms with Crippen LogP contribution >= 0.6 is 0 Å². The molecule has 0 saturated carbocycles. The lowest BCUT2D eigenvalue weighted by Crippen LogP contribution is -2.20. The molecule has 9 heteroatoms. The normalized spacial score (nSPS) is 14.5. The third kappa shape index (κ3) is 3.37. The Hall–Kier alpha value is -2.42. The van der Waals surface area contributed by atoms with E-state index in [1.165, 1.54) is 30.6 Å². The van der Waals surface area contributed by atoms with E-state index in [2.05, 4.69) is 9.98 Å². The average Bonchev–Trinajstić information content (AvgIpc) is 2.52. The molecule has 0 bridgehead atoms. The summed E-state index contributed by atoms with van der Waals surface area (Å²) < 4.78 is 64.4. The second-order valence-electron chi connectivity index (χ2n) is 5.79.